The zero-order valence-electron chi connectivity index (χ0n) is 13.2. The molecule has 0 bridgehead atoms. The van der Waals surface area contributed by atoms with Gasteiger partial charge >= 0.3 is 0 Å². The van der Waals surface area contributed by atoms with Crippen LogP contribution in [0.25, 0.3) is 0 Å². The number of carbonyl (C=O) groups excluding carboxylic acids is 1. The Morgan fingerprint density at radius 1 is 1.17 bits per heavy atom. The average molecular weight is 346 g/mol. The fraction of sp³-hybridized carbons (Fsp3) is 0.235. The molecule has 0 aliphatic carbocycles. The van der Waals surface area contributed by atoms with Gasteiger partial charge in [-0.2, -0.15) is 0 Å². The zero-order valence-corrected chi connectivity index (χ0v) is 14.0. The van der Waals surface area contributed by atoms with Gasteiger partial charge in [0.15, 0.2) is 0 Å². The fourth-order valence-electron chi connectivity index (χ4n) is 2.50. The molecule has 24 heavy (non-hydrogen) atoms. The van der Waals surface area contributed by atoms with Crippen LogP contribution in [0.4, 0.5) is 5.69 Å². The second kappa shape index (κ2) is 6.62. The molecule has 7 heteroatoms. The van der Waals surface area contributed by atoms with Gasteiger partial charge in [-0.3, -0.25) is 4.79 Å². The van der Waals surface area contributed by atoms with Crippen LogP contribution in [0.1, 0.15) is 18.1 Å². The van der Waals surface area contributed by atoms with Gasteiger partial charge in [0.05, 0.1) is 17.9 Å². The van der Waals surface area contributed by atoms with Crippen molar-refractivity contribution in [1.29, 1.82) is 0 Å². The van der Waals surface area contributed by atoms with E-state index in [1.54, 1.807) is 18.2 Å². The van der Waals surface area contributed by atoms with E-state index in [0.717, 1.165) is 11.3 Å². The quantitative estimate of drug-likeness (QED) is 0.838. The molecule has 126 valence electrons. The molecule has 2 N–H and O–H groups in total. The Morgan fingerprint density at radius 3 is 2.62 bits per heavy atom. The van der Waals surface area contributed by atoms with E-state index in [-0.39, 0.29) is 23.8 Å². The molecule has 0 saturated heterocycles. The van der Waals surface area contributed by atoms with Gasteiger partial charge in [0, 0.05) is 12.2 Å². The highest BCUT2D eigenvalue weighted by molar-refractivity contribution is 7.89. The summed E-state index contributed by atoms with van der Waals surface area (Å²) >= 11 is 0. The van der Waals surface area contributed by atoms with Crippen LogP contribution in [0.5, 0.6) is 5.75 Å². The molecule has 0 aromatic heterocycles. The number of carbonyl (C=O) groups is 1. The lowest BCUT2D eigenvalue weighted by Gasteiger charge is -2.09. The number of ether oxygens (including phenoxy) is 1. The van der Waals surface area contributed by atoms with Crippen LogP contribution in [0.15, 0.2) is 47.4 Å². The Labute approximate surface area is 140 Å². The molecule has 0 atom stereocenters. The standard InChI is InChI=1S/C17H18N2O4S/c1-2-23-14-5-3-12(4-6-14)11-18-24(21,22)15-7-8-16-13(9-15)10-17(20)19-16/h3-9,18H,2,10-11H2,1H3,(H,19,20). The van der Waals surface area contributed by atoms with E-state index in [4.69, 9.17) is 4.74 Å². The summed E-state index contributed by atoms with van der Waals surface area (Å²) in [6.45, 7) is 2.67. The number of anilines is 1. The molecule has 6 nitrogen and oxygen atoms in total. The zero-order chi connectivity index (χ0) is 17.2. The lowest BCUT2D eigenvalue weighted by molar-refractivity contribution is -0.115. The molecule has 1 amide bonds. The van der Waals surface area contributed by atoms with E-state index in [2.05, 4.69) is 10.0 Å². The van der Waals surface area contributed by atoms with Gasteiger partial charge in [-0.1, -0.05) is 12.1 Å². The van der Waals surface area contributed by atoms with Crippen LogP contribution in [0.3, 0.4) is 0 Å². The largest absolute Gasteiger partial charge is 0.494 e. The van der Waals surface area contributed by atoms with Crippen LogP contribution in [0, 0.1) is 0 Å². The molecule has 0 radical (unpaired) electrons. The van der Waals surface area contributed by atoms with Crippen molar-refractivity contribution in [2.24, 2.45) is 0 Å². The second-order valence-electron chi connectivity index (χ2n) is 5.45. The number of hydrogen-bond donors (Lipinski definition) is 2. The van der Waals surface area contributed by atoms with Crippen molar-refractivity contribution in [2.75, 3.05) is 11.9 Å². The minimum absolute atomic E-state index is 0.123. The number of amides is 1. The van der Waals surface area contributed by atoms with Gasteiger partial charge in [-0.05, 0) is 48.4 Å². The Morgan fingerprint density at radius 2 is 1.92 bits per heavy atom. The van der Waals surface area contributed by atoms with Crippen LogP contribution in [-0.4, -0.2) is 20.9 Å². The Balaban J connectivity index is 1.70. The van der Waals surface area contributed by atoms with Crippen molar-refractivity contribution in [1.82, 2.24) is 4.72 Å². The van der Waals surface area contributed by atoms with Gasteiger partial charge < -0.3 is 10.1 Å². The summed E-state index contributed by atoms with van der Waals surface area (Å²) < 4.78 is 32.8. The molecule has 1 heterocycles. The summed E-state index contributed by atoms with van der Waals surface area (Å²) in [7, 11) is -3.64. The Hall–Kier alpha value is -2.38. The van der Waals surface area contributed by atoms with E-state index >= 15 is 0 Å². The minimum atomic E-state index is -3.64. The summed E-state index contributed by atoms with van der Waals surface area (Å²) in [5, 5.41) is 2.68. The lowest BCUT2D eigenvalue weighted by Crippen LogP contribution is -2.23. The molecule has 2 aromatic rings. The maximum atomic E-state index is 12.4. The molecule has 0 unspecified atom stereocenters. The maximum absolute atomic E-state index is 12.4. The summed E-state index contributed by atoms with van der Waals surface area (Å²) in [5.41, 5.74) is 2.20. The first-order valence-electron chi connectivity index (χ1n) is 7.62. The monoisotopic (exact) mass is 346 g/mol. The van der Waals surface area contributed by atoms with Crippen molar-refractivity contribution in [2.45, 2.75) is 24.8 Å². The third kappa shape index (κ3) is 3.58. The molecule has 1 aliphatic rings. The summed E-state index contributed by atoms with van der Waals surface area (Å²) in [6.07, 6.45) is 0.206. The number of rotatable bonds is 6. The summed E-state index contributed by atoms with van der Waals surface area (Å²) in [4.78, 5) is 11.5. The highest BCUT2D eigenvalue weighted by Crippen LogP contribution is 2.25. The van der Waals surface area contributed by atoms with Crippen LogP contribution in [0.2, 0.25) is 0 Å². The second-order valence-corrected chi connectivity index (χ2v) is 7.21. The first kappa shape index (κ1) is 16.5. The van der Waals surface area contributed by atoms with E-state index < -0.39 is 10.0 Å². The summed E-state index contributed by atoms with van der Waals surface area (Å²) in [5.74, 6) is 0.627. The number of fused-ring (bicyclic) bond motifs is 1. The van der Waals surface area contributed by atoms with E-state index in [9.17, 15) is 13.2 Å². The van der Waals surface area contributed by atoms with Crippen LogP contribution >= 0.6 is 0 Å². The average Bonchev–Trinajstić information content (AvgIpc) is 2.94. The lowest BCUT2D eigenvalue weighted by atomic mass is 10.2. The van der Waals surface area contributed by atoms with Crippen molar-refractivity contribution in [3.8, 4) is 5.75 Å². The van der Waals surface area contributed by atoms with E-state index in [1.165, 1.54) is 12.1 Å². The molecule has 2 aromatic carbocycles. The number of nitrogens with one attached hydrogen (secondary N) is 2. The molecule has 0 fully saturated rings. The van der Waals surface area contributed by atoms with Crippen molar-refractivity contribution in [3.05, 3.63) is 53.6 Å². The topological polar surface area (TPSA) is 84.5 Å². The molecule has 1 aliphatic heterocycles. The van der Waals surface area contributed by atoms with Crippen LogP contribution < -0.4 is 14.8 Å². The predicted molar refractivity (Wildman–Crippen MR) is 90.4 cm³/mol. The highest BCUT2D eigenvalue weighted by Gasteiger charge is 2.21. The highest BCUT2D eigenvalue weighted by atomic mass is 32.2. The maximum Gasteiger partial charge on any atom is 0.240 e. The van der Waals surface area contributed by atoms with Gasteiger partial charge in [0.1, 0.15) is 5.75 Å². The molecular formula is C17H18N2O4S. The van der Waals surface area contributed by atoms with Crippen molar-refractivity contribution >= 4 is 21.6 Å². The predicted octanol–water partition coefficient (Wildman–Crippen LogP) is 2.06. The molecular weight excluding hydrogens is 328 g/mol. The van der Waals surface area contributed by atoms with Gasteiger partial charge in [-0.25, -0.2) is 13.1 Å². The Kier molecular flexibility index (Phi) is 4.55. The Bertz CT molecular complexity index is 861. The smallest absolute Gasteiger partial charge is 0.240 e. The fourth-order valence-corrected chi connectivity index (χ4v) is 3.57. The first-order chi connectivity index (χ1) is 11.5. The molecule has 0 spiro atoms. The number of sulfonamides is 1. The first-order valence-corrected chi connectivity index (χ1v) is 9.10. The number of benzene rings is 2. The van der Waals surface area contributed by atoms with Gasteiger partial charge in [-0.15, -0.1) is 0 Å². The SMILES string of the molecule is CCOc1ccc(CNS(=O)(=O)c2ccc3c(c2)CC(=O)N3)cc1. The number of hydrogen-bond acceptors (Lipinski definition) is 4. The van der Waals surface area contributed by atoms with Gasteiger partial charge in [0.2, 0.25) is 15.9 Å². The van der Waals surface area contributed by atoms with Crippen LogP contribution in [-0.2, 0) is 27.8 Å². The third-order valence-corrected chi connectivity index (χ3v) is 5.11. The van der Waals surface area contributed by atoms with Gasteiger partial charge in [0.25, 0.3) is 0 Å². The molecule has 0 saturated carbocycles. The van der Waals surface area contributed by atoms with Crippen molar-refractivity contribution in [3.63, 3.8) is 0 Å². The third-order valence-electron chi connectivity index (χ3n) is 3.71. The molecule has 3 rings (SSSR count). The van der Waals surface area contributed by atoms with E-state index in [1.807, 2.05) is 19.1 Å². The summed E-state index contributed by atoms with van der Waals surface area (Å²) in [6, 6.07) is 11.9. The minimum Gasteiger partial charge on any atom is -0.494 e. The normalized spacial score (nSPS) is 13.5. The van der Waals surface area contributed by atoms with E-state index in [0.29, 0.717) is 17.9 Å². The van der Waals surface area contributed by atoms with Crippen molar-refractivity contribution < 1.29 is 17.9 Å².